The topological polar surface area (TPSA) is 37.4 Å². The molecule has 2 aromatic carbocycles. The van der Waals surface area contributed by atoms with Gasteiger partial charge in [0, 0.05) is 43.8 Å². The molecule has 2 heterocycles. The molecule has 1 aliphatic heterocycles. The van der Waals surface area contributed by atoms with Crippen LogP contribution >= 0.6 is 23.1 Å². The van der Waals surface area contributed by atoms with Gasteiger partial charge in [0.15, 0.2) is 11.6 Å². The number of Topliss-reactive ketones (excluding diaryl/α,β-unsaturated/α-hetero) is 2. The maximum atomic E-state index is 12.6. The van der Waals surface area contributed by atoms with Gasteiger partial charge < -0.3 is 4.90 Å². The lowest BCUT2D eigenvalue weighted by Crippen LogP contribution is -2.19. The fourth-order valence-electron chi connectivity index (χ4n) is 4.16. The number of benzene rings is 2. The van der Waals surface area contributed by atoms with Crippen molar-refractivity contribution >= 4 is 46.0 Å². The molecule has 5 heteroatoms. The highest BCUT2D eigenvalue weighted by Gasteiger charge is 2.34. The van der Waals surface area contributed by atoms with Gasteiger partial charge in [-0.1, -0.05) is 42.1 Å². The molecule has 144 valence electrons. The Balaban J connectivity index is 1.33. The number of hydrogen-bond donors (Lipinski definition) is 0. The van der Waals surface area contributed by atoms with Crippen LogP contribution in [0.5, 0.6) is 0 Å². The highest BCUT2D eigenvalue weighted by atomic mass is 32.2. The predicted molar refractivity (Wildman–Crippen MR) is 121 cm³/mol. The normalized spacial score (nSPS) is 16.8. The number of allylic oxidation sites excluding steroid dienone is 5. The van der Waals surface area contributed by atoms with Gasteiger partial charge in [-0.15, -0.1) is 0 Å². The Hall–Kier alpha value is -3.15. The second-order valence-electron chi connectivity index (χ2n) is 7.36. The first-order valence-corrected chi connectivity index (χ1v) is 11.4. The van der Waals surface area contributed by atoms with Crippen molar-refractivity contribution in [2.24, 2.45) is 0 Å². The molecule has 0 unspecified atom stereocenters. The molecule has 0 saturated heterocycles. The molecule has 30 heavy (non-hydrogen) atoms. The zero-order valence-electron chi connectivity index (χ0n) is 15.8. The molecule has 2 aliphatic carbocycles. The monoisotopic (exact) mass is 425 g/mol. The van der Waals surface area contributed by atoms with Crippen LogP contribution in [0.25, 0.3) is 0 Å². The van der Waals surface area contributed by atoms with Crippen LogP contribution in [0.2, 0.25) is 0 Å². The Kier molecular flexibility index (Phi) is 3.94. The Morgan fingerprint density at radius 3 is 2.03 bits per heavy atom. The lowest BCUT2D eigenvalue weighted by atomic mass is 10.1. The number of carbonyl (C=O) groups is 2. The standard InChI is InChI=1S/C25H15NO2S2/c27-24-17(25(28)19-14-29-13-18(19)24)12-15-9-10-16(11-15)26-20-5-1-3-7-22(20)30-23-8-4-2-6-21(23)26/h1-10,12-14H,11H2. The number of ketones is 2. The third-order valence-electron chi connectivity index (χ3n) is 5.56. The molecule has 0 fully saturated rings. The van der Waals surface area contributed by atoms with E-state index in [1.54, 1.807) is 28.6 Å². The van der Waals surface area contributed by atoms with E-state index in [1.165, 1.54) is 21.1 Å². The lowest BCUT2D eigenvalue weighted by molar-refractivity contribution is 0.0988. The zero-order chi connectivity index (χ0) is 20.2. The van der Waals surface area contributed by atoms with E-state index in [-0.39, 0.29) is 17.1 Å². The largest absolute Gasteiger partial charge is 0.312 e. The van der Waals surface area contributed by atoms with Crippen molar-refractivity contribution in [2.75, 3.05) is 4.90 Å². The van der Waals surface area contributed by atoms with Crippen molar-refractivity contribution in [1.82, 2.24) is 0 Å². The van der Waals surface area contributed by atoms with E-state index < -0.39 is 0 Å². The number of para-hydroxylation sites is 2. The molecule has 3 nitrogen and oxygen atoms in total. The first-order valence-electron chi connectivity index (χ1n) is 9.64. The molecule has 6 rings (SSSR count). The molecule has 0 bridgehead atoms. The predicted octanol–water partition coefficient (Wildman–Crippen LogP) is 6.57. The average Bonchev–Trinajstić information content (AvgIpc) is 3.48. The maximum absolute atomic E-state index is 12.6. The summed E-state index contributed by atoms with van der Waals surface area (Å²) in [7, 11) is 0. The second-order valence-corrected chi connectivity index (χ2v) is 9.19. The first-order chi connectivity index (χ1) is 14.7. The Labute approximate surface area is 182 Å². The van der Waals surface area contributed by atoms with Crippen LogP contribution in [-0.4, -0.2) is 11.6 Å². The smallest absolute Gasteiger partial charge is 0.198 e. The molecule has 0 atom stereocenters. The number of nitrogens with zero attached hydrogens (tertiary/aromatic N) is 1. The van der Waals surface area contributed by atoms with Crippen molar-refractivity contribution in [1.29, 1.82) is 0 Å². The third-order valence-corrected chi connectivity index (χ3v) is 7.44. The highest BCUT2D eigenvalue weighted by Crippen LogP contribution is 2.50. The van der Waals surface area contributed by atoms with E-state index in [0.717, 1.165) is 22.6 Å². The minimum absolute atomic E-state index is 0.157. The van der Waals surface area contributed by atoms with Crippen LogP contribution in [-0.2, 0) is 0 Å². The number of thiophene rings is 1. The fraction of sp³-hybridized carbons (Fsp3) is 0.0400. The molecule has 0 N–H and O–H groups in total. The van der Waals surface area contributed by atoms with Crippen LogP contribution < -0.4 is 4.90 Å². The van der Waals surface area contributed by atoms with Crippen LogP contribution in [0.3, 0.4) is 0 Å². The van der Waals surface area contributed by atoms with E-state index in [9.17, 15) is 9.59 Å². The van der Waals surface area contributed by atoms with E-state index in [0.29, 0.717) is 17.5 Å². The van der Waals surface area contributed by atoms with Crippen molar-refractivity contribution in [3.63, 3.8) is 0 Å². The number of carbonyl (C=O) groups excluding carboxylic acids is 2. The van der Waals surface area contributed by atoms with Crippen molar-refractivity contribution < 1.29 is 9.59 Å². The van der Waals surface area contributed by atoms with Gasteiger partial charge in [0.2, 0.25) is 0 Å². The fourth-order valence-corrected chi connectivity index (χ4v) is 6.02. The molecular formula is C25H15NO2S2. The van der Waals surface area contributed by atoms with Gasteiger partial charge in [-0.3, -0.25) is 9.59 Å². The Morgan fingerprint density at radius 1 is 0.800 bits per heavy atom. The van der Waals surface area contributed by atoms with Crippen LogP contribution in [0, 0.1) is 0 Å². The number of fused-ring (bicyclic) bond motifs is 3. The summed E-state index contributed by atoms with van der Waals surface area (Å²) < 4.78 is 0. The first kappa shape index (κ1) is 17.7. The van der Waals surface area contributed by atoms with Crippen LogP contribution in [0.15, 0.2) is 104 Å². The summed E-state index contributed by atoms with van der Waals surface area (Å²) >= 11 is 3.18. The average molecular weight is 426 g/mol. The van der Waals surface area contributed by atoms with Gasteiger partial charge in [0.1, 0.15) is 0 Å². The van der Waals surface area contributed by atoms with E-state index in [1.807, 2.05) is 6.08 Å². The number of rotatable bonds is 2. The van der Waals surface area contributed by atoms with Crippen molar-refractivity contribution in [2.45, 2.75) is 16.2 Å². The zero-order valence-corrected chi connectivity index (χ0v) is 17.4. The second kappa shape index (κ2) is 6.69. The molecule has 0 saturated carbocycles. The van der Waals surface area contributed by atoms with Gasteiger partial charge in [-0.2, -0.15) is 11.3 Å². The van der Waals surface area contributed by atoms with Crippen LogP contribution in [0.1, 0.15) is 27.1 Å². The summed E-state index contributed by atoms with van der Waals surface area (Å²) in [4.78, 5) is 30.0. The molecule has 0 spiro atoms. The van der Waals surface area contributed by atoms with E-state index in [2.05, 4.69) is 59.5 Å². The maximum Gasteiger partial charge on any atom is 0.198 e. The molecular weight excluding hydrogens is 410 g/mol. The summed E-state index contributed by atoms with van der Waals surface area (Å²) in [6, 6.07) is 16.8. The van der Waals surface area contributed by atoms with Gasteiger partial charge in [0.25, 0.3) is 0 Å². The molecule has 3 aromatic rings. The SMILES string of the molecule is O=C1C(=CC2=CC=C(N3c4ccccc4Sc4ccccc43)C2)C(=O)c2cscc21. The van der Waals surface area contributed by atoms with Crippen molar-refractivity contribution in [3.8, 4) is 0 Å². The Bertz CT molecular complexity index is 1260. The highest BCUT2D eigenvalue weighted by molar-refractivity contribution is 7.99. The van der Waals surface area contributed by atoms with Gasteiger partial charge in [-0.05, 0) is 42.0 Å². The minimum Gasteiger partial charge on any atom is -0.312 e. The van der Waals surface area contributed by atoms with Gasteiger partial charge >= 0.3 is 0 Å². The number of hydrogen-bond acceptors (Lipinski definition) is 5. The van der Waals surface area contributed by atoms with Gasteiger partial charge in [-0.25, -0.2) is 0 Å². The van der Waals surface area contributed by atoms with Gasteiger partial charge in [0.05, 0.1) is 16.9 Å². The lowest BCUT2D eigenvalue weighted by Gasteiger charge is -2.33. The molecule has 0 amide bonds. The summed E-state index contributed by atoms with van der Waals surface area (Å²) in [6.45, 7) is 0. The number of anilines is 2. The third kappa shape index (κ3) is 2.59. The van der Waals surface area contributed by atoms with Crippen molar-refractivity contribution in [3.05, 3.63) is 105 Å². The molecule has 0 radical (unpaired) electrons. The Morgan fingerprint density at radius 2 is 1.40 bits per heavy atom. The van der Waals surface area contributed by atoms with E-state index >= 15 is 0 Å². The minimum atomic E-state index is -0.157. The summed E-state index contributed by atoms with van der Waals surface area (Å²) in [5.74, 6) is -0.314. The van der Waals surface area contributed by atoms with E-state index in [4.69, 9.17) is 0 Å². The summed E-state index contributed by atoms with van der Waals surface area (Å²) in [5.41, 5.74) is 5.79. The molecule has 3 aliphatic rings. The quantitative estimate of drug-likeness (QED) is 0.344. The molecule has 1 aromatic heterocycles. The summed E-state index contributed by atoms with van der Waals surface area (Å²) in [6.07, 6.45) is 6.55. The van der Waals surface area contributed by atoms with Crippen LogP contribution in [0.4, 0.5) is 11.4 Å². The summed E-state index contributed by atoms with van der Waals surface area (Å²) in [5, 5.41) is 3.53.